The summed E-state index contributed by atoms with van der Waals surface area (Å²) in [5, 5.41) is 3.65. The molecule has 0 aromatic carbocycles. The van der Waals surface area contributed by atoms with Crippen molar-refractivity contribution in [3.8, 4) is 0 Å². The van der Waals surface area contributed by atoms with Gasteiger partial charge in [-0.1, -0.05) is 6.07 Å². The van der Waals surface area contributed by atoms with E-state index in [1.165, 1.54) is 44.2 Å². The summed E-state index contributed by atoms with van der Waals surface area (Å²) < 4.78 is 0. The van der Waals surface area contributed by atoms with Gasteiger partial charge in [0.2, 0.25) is 0 Å². The monoisotopic (exact) mass is 259 g/mol. The zero-order valence-corrected chi connectivity index (χ0v) is 12.1. The molecule has 3 nitrogen and oxygen atoms in total. The second-order valence-electron chi connectivity index (χ2n) is 6.20. The highest BCUT2D eigenvalue weighted by molar-refractivity contribution is 5.47. The van der Waals surface area contributed by atoms with Gasteiger partial charge < -0.3 is 5.32 Å². The summed E-state index contributed by atoms with van der Waals surface area (Å²) in [6.07, 6.45) is 8.45. The van der Waals surface area contributed by atoms with Gasteiger partial charge in [-0.05, 0) is 58.6 Å². The lowest BCUT2D eigenvalue weighted by Crippen LogP contribution is -2.32. The summed E-state index contributed by atoms with van der Waals surface area (Å²) in [4.78, 5) is 7.22. The Morgan fingerprint density at radius 1 is 1.26 bits per heavy atom. The lowest BCUT2D eigenvalue weighted by atomic mass is 9.92. The Hall–Kier alpha value is -1.09. The van der Waals surface area contributed by atoms with Crippen molar-refractivity contribution in [2.45, 2.75) is 64.1 Å². The van der Waals surface area contributed by atoms with Crippen molar-refractivity contribution in [2.75, 3.05) is 11.9 Å². The van der Waals surface area contributed by atoms with Crippen LogP contribution in [0.2, 0.25) is 0 Å². The average Bonchev–Trinajstić information content (AvgIpc) is 2.83. The highest BCUT2D eigenvalue weighted by Gasteiger charge is 2.30. The number of nitrogens with one attached hydrogen (secondary N) is 1. The number of pyridine rings is 1. The van der Waals surface area contributed by atoms with Crippen LogP contribution in [-0.4, -0.2) is 28.5 Å². The van der Waals surface area contributed by atoms with Gasteiger partial charge in [-0.2, -0.15) is 0 Å². The van der Waals surface area contributed by atoms with Crippen molar-refractivity contribution in [1.29, 1.82) is 0 Å². The molecule has 104 valence electrons. The number of aromatic nitrogens is 1. The third-order valence-electron chi connectivity index (χ3n) is 4.60. The Kier molecular flexibility index (Phi) is 3.74. The zero-order chi connectivity index (χ0) is 13.2. The van der Waals surface area contributed by atoms with Crippen LogP contribution in [0.3, 0.4) is 0 Å². The van der Waals surface area contributed by atoms with E-state index in [1.54, 1.807) is 0 Å². The SMILES string of the molecule is CC(C)N1CCC[C@@H]1c1cccnc1NC1CCC1. The van der Waals surface area contributed by atoms with Crippen molar-refractivity contribution in [3.63, 3.8) is 0 Å². The summed E-state index contributed by atoms with van der Waals surface area (Å²) in [6, 6.07) is 6.17. The molecule has 1 atom stereocenters. The first-order valence-corrected chi connectivity index (χ1v) is 7.73. The van der Waals surface area contributed by atoms with E-state index in [0.717, 1.165) is 5.82 Å². The highest BCUT2D eigenvalue weighted by Crippen LogP contribution is 2.37. The highest BCUT2D eigenvalue weighted by atomic mass is 15.2. The van der Waals surface area contributed by atoms with E-state index in [-0.39, 0.29) is 0 Å². The van der Waals surface area contributed by atoms with Crippen molar-refractivity contribution < 1.29 is 0 Å². The average molecular weight is 259 g/mol. The molecular weight excluding hydrogens is 234 g/mol. The molecular formula is C16H25N3. The minimum Gasteiger partial charge on any atom is -0.367 e. The fourth-order valence-corrected chi connectivity index (χ4v) is 3.29. The van der Waals surface area contributed by atoms with Crippen molar-refractivity contribution in [3.05, 3.63) is 23.9 Å². The van der Waals surface area contributed by atoms with E-state index in [1.807, 2.05) is 6.20 Å². The van der Waals surface area contributed by atoms with E-state index < -0.39 is 0 Å². The normalized spacial score (nSPS) is 24.7. The second kappa shape index (κ2) is 5.49. The standard InChI is InChI=1S/C16H25N3/c1-12(2)19-11-5-9-15(19)14-8-4-10-17-16(14)18-13-6-3-7-13/h4,8,10,12-13,15H,3,5-7,9,11H2,1-2H3,(H,17,18)/t15-/m1/s1. The number of anilines is 1. The molecule has 0 radical (unpaired) electrons. The summed E-state index contributed by atoms with van der Waals surface area (Å²) >= 11 is 0. The molecule has 1 aromatic rings. The molecule has 1 saturated carbocycles. The Labute approximate surface area is 116 Å². The third-order valence-corrected chi connectivity index (χ3v) is 4.60. The minimum atomic E-state index is 0.552. The summed E-state index contributed by atoms with van der Waals surface area (Å²) in [5.74, 6) is 1.13. The molecule has 1 aliphatic carbocycles. The molecule has 2 aliphatic rings. The Morgan fingerprint density at radius 3 is 2.79 bits per heavy atom. The lowest BCUT2D eigenvalue weighted by molar-refractivity contribution is 0.205. The number of rotatable bonds is 4. The third kappa shape index (κ3) is 2.62. The number of hydrogen-bond donors (Lipinski definition) is 1. The van der Waals surface area contributed by atoms with Gasteiger partial charge in [0.1, 0.15) is 5.82 Å². The van der Waals surface area contributed by atoms with Gasteiger partial charge in [-0.25, -0.2) is 4.98 Å². The molecule has 19 heavy (non-hydrogen) atoms. The van der Waals surface area contributed by atoms with Crippen LogP contribution in [0, 0.1) is 0 Å². The van der Waals surface area contributed by atoms with Crippen LogP contribution in [0.15, 0.2) is 18.3 Å². The van der Waals surface area contributed by atoms with E-state index in [0.29, 0.717) is 18.1 Å². The van der Waals surface area contributed by atoms with Gasteiger partial charge in [-0.3, -0.25) is 4.90 Å². The Balaban J connectivity index is 1.82. The van der Waals surface area contributed by atoms with Crippen LogP contribution in [0.5, 0.6) is 0 Å². The predicted molar refractivity (Wildman–Crippen MR) is 79.3 cm³/mol. The van der Waals surface area contributed by atoms with Crippen LogP contribution < -0.4 is 5.32 Å². The van der Waals surface area contributed by atoms with Gasteiger partial charge in [-0.15, -0.1) is 0 Å². The van der Waals surface area contributed by atoms with Crippen molar-refractivity contribution in [1.82, 2.24) is 9.88 Å². The van der Waals surface area contributed by atoms with Crippen LogP contribution in [0.25, 0.3) is 0 Å². The van der Waals surface area contributed by atoms with E-state index >= 15 is 0 Å². The number of hydrogen-bond acceptors (Lipinski definition) is 3. The van der Waals surface area contributed by atoms with Gasteiger partial charge in [0.05, 0.1) is 0 Å². The Morgan fingerprint density at radius 2 is 2.11 bits per heavy atom. The maximum absolute atomic E-state index is 4.60. The number of likely N-dealkylation sites (tertiary alicyclic amines) is 1. The molecule has 3 heteroatoms. The molecule has 0 spiro atoms. The van der Waals surface area contributed by atoms with Gasteiger partial charge in [0, 0.05) is 29.9 Å². The van der Waals surface area contributed by atoms with E-state index in [2.05, 4.69) is 41.2 Å². The van der Waals surface area contributed by atoms with Crippen LogP contribution in [0.1, 0.15) is 57.6 Å². The van der Waals surface area contributed by atoms with Crippen LogP contribution in [0.4, 0.5) is 5.82 Å². The second-order valence-corrected chi connectivity index (χ2v) is 6.20. The molecule has 0 amide bonds. The largest absolute Gasteiger partial charge is 0.367 e. The van der Waals surface area contributed by atoms with Crippen molar-refractivity contribution in [2.24, 2.45) is 0 Å². The van der Waals surface area contributed by atoms with E-state index in [4.69, 9.17) is 0 Å². The van der Waals surface area contributed by atoms with Gasteiger partial charge >= 0.3 is 0 Å². The minimum absolute atomic E-state index is 0.552. The van der Waals surface area contributed by atoms with Gasteiger partial charge in [0.15, 0.2) is 0 Å². The summed E-state index contributed by atoms with van der Waals surface area (Å²) in [5.41, 5.74) is 1.40. The molecule has 0 unspecified atom stereocenters. The Bertz CT molecular complexity index is 426. The molecule has 2 fully saturated rings. The first-order valence-electron chi connectivity index (χ1n) is 7.73. The smallest absolute Gasteiger partial charge is 0.130 e. The molecule has 1 aliphatic heterocycles. The molecule has 2 heterocycles. The molecule has 1 N–H and O–H groups in total. The maximum Gasteiger partial charge on any atom is 0.130 e. The van der Waals surface area contributed by atoms with E-state index in [9.17, 15) is 0 Å². The zero-order valence-electron chi connectivity index (χ0n) is 12.1. The van der Waals surface area contributed by atoms with Crippen LogP contribution in [-0.2, 0) is 0 Å². The number of nitrogens with zero attached hydrogens (tertiary/aromatic N) is 2. The maximum atomic E-state index is 4.60. The molecule has 1 aromatic heterocycles. The fraction of sp³-hybridized carbons (Fsp3) is 0.688. The topological polar surface area (TPSA) is 28.2 Å². The molecule has 3 rings (SSSR count). The van der Waals surface area contributed by atoms with Gasteiger partial charge in [0.25, 0.3) is 0 Å². The quantitative estimate of drug-likeness (QED) is 0.895. The molecule has 1 saturated heterocycles. The summed E-state index contributed by atoms with van der Waals surface area (Å²) in [7, 11) is 0. The lowest BCUT2D eigenvalue weighted by Gasteiger charge is -2.32. The first kappa shape index (κ1) is 12.9. The first-order chi connectivity index (χ1) is 9.25. The predicted octanol–water partition coefficient (Wildman–Crippen LogP) is 3.59. The molecule has 0 bridgehead atoms. The summed E-state index contributed by atoms with van der Waals surface area (Å²) in [6.45, 7) is 5.82. The fourth-order valence-electron chi connectivity index (χ4n) is 3.29. The van der Waals surface area contributed by atoms with Crippen LogP contribution >= 0.6 is 0 Å². The van der Waals surface area contributed by atoms with Crippen molar-refractivity contribution >= 4 is 5.82 Å².